The van der Waals surface area contributed by atoms with Crippen molar-refractivity contribution in [1.29, 1.82) is 0 Å². The lowest BCUT2D eigenvalue weighted by atomic mass is 10.3. The Morgan fingerprint density at radius 2 is 2.57 bits per heavy atom. The minimum Gasteiger partial charge on any atom is -0.377 e. The molecule has 0 N–H and O–H groups in total. The molecule has 0 spiro atoms. The second-order valence-corrected chi connectivity index (χ2v) is 1.78. The van der Waals surface area contributed by atoms with Crippen LogP contribution in [0.3, 0.4) is 0 Å². The summed E-state index contributed by atoms with van der Waals surface area (Å²) in [5, 5.41) is 0. The van der Waals surface area contributed by atoms with Crippen LogP contribution < -0.4 is 0 Å². The van der Waals surface area contributed by atoms with Crippen LogP contribution in [0.25, 0.3) is 0 Å². The van der Waals surface area contributed by atoms with Crippen LogP contribution in [0.5, 0.6) is 0 Å². The van der Waals surface area contributed by atoms with E-state index in [4.69, 9.17) is 4.74 Å². The van der Waals surface area contributed by atoms with E-state index in [1.165, 1.54) is 12.8 Å². The maximum absolute atomic E-state index is 5.02. The molecule has 0 saturated heterocycles. The summed E-state index contributed by atoms with van der Waals surface area (Å²) in [5.74, 6) is 0. The van der Waals surface area contributed by atoms with Crippen molar-refractivity contribution in [3.8, 4) is 0 Å². The minimum absolute atomic E-state index is 0.417. The lowest BCUT2D eigenvalue weighted by molar-refractivity contribution is 0.141. The Bertz CT molecular complexity index is 76.2. The van der Waals surface area contributed by atoms with E-state index < -0.39 is 0 Å². The molecule has 0 radical (unpaired) electrons. The molecule has 0 aromatic heterocycles. The standard InChI is InChI=1S/C6H10O/c1-7-6-4-2-3-5-6/h2,4,6H,3,5H2,1H3/t6-/m0/s1. The molecule has 0 aliphatic heterocycles. The van der Waals surface area contributed by atoms with Gasteiger partial charge < -0.3 is 4.74 Å². The van der Waals surface area contributed by atoms with Crippen LogP contribution in [0.4, 0.5) is 0 Å². The Morgan fingerprint density at radius 3 is 2.86 bits per heavy atom. The van der Waals surface area contributed by atoms with Gasteiger partial charge in [-0.05, 0) is 12.8 Å². The molecule has 0 amide bonds. The Morgan fingerprint density at radius 1 is 1.71 bits per heavy atom. The average molecular weight is 98.1 g/mol. The predicted molar refractivity (Wildman–Crippen MR) is 29.2 cm³/mol. The smallest absolute Gasteiger partial charge is 0.0755 e. The summed E-state index contributed by atoms with van der Waals surface area (Å²) in [7, 11) is 1.75. The molecule has 1 aliphatic rings. The van der Waals surface area contributed by atoms with Crippen LogP contribution in [0.1, 0.15) is 12.8 Å². The SMILES string of the molecule is CO[C@H]1C=CCC1. The van der Waals surface area contributed by atoms with E-state index in [1.54, 1.807) is 7.11 Å². The highest BCUT2D eigenvalue weighted by molar-refractivity contribution is 4.96. The fourth-order valence-electron chi connectivity index (χ4n) is 0.801. The predicted octanol–water partition coefficient (Wildman–Crippen LogP) is 1.35. The third-order valence-electron chi connectivity index (χ3n) is 1.27. The summed E-state index contributed by atoms with van der Waals surface area (Å²) in [6.07, 6.45) is 7.06. The van der Waals surface area contributed by atoms with Crippen molar-refractivity contribution in [3.63, 3.8) is 0 Å². The number of hydrogen-bond donors (Lipinski definition) is 0. The molecule has 7 heavy (non-hydrogen) atoms. The van der Waals surface area contributed by atoms with Gasteiger partial charge >= 0.3 is 0 Å². The Labute approximate surface area is 44.0 Å². The van der Waals surface area contributed by atoms with Crippen LogP contribution in [0, 0.1) is 0 Å². The van der Waals surface area contributed by atoms with Crippen LogP contribution in [-0.4, -0.2) is 13.2 Å². The third-order valence-corrected chi connectivity index (χ3v) is 1.27. The van der Waals surface area contributed by atoms with Crippen molar-refractivity contribution >= 4 is 0 Å². The molecule has 40 valence electrons. The molecule has 0 saturated carbocycles. The number of allylic oxidation sites excluding steroid dienone is 1. The molecule has 0 aromatic carbocycles. The second kappa shape index (κ2) is 2.12. The molecule has 1 atom stereocenters. The number of ether oxygens (including phenoxy) is 1. The molecule has 1 nitrogen and oxygen atoms in total. The maximum Gasteiger partial charge on any atom is 0.0755 e. The maximum atomic E-state index is 5.02. The normalized spacial score (nSPS) is 29.0. The first kappa shape index (κ1) is 4.85. The zero-order chi connectivity index (χ0) is 5.11. The summed E-state index contributed by atoms with van der Waals surface area (Å²) in [4.78, 5) is 0. The first-order valence-corrected chi connectivity index (χ1v) is 2.63. The van der Waals surface area contributed by atoms with E-state index in [2.05, 4.69) is 12.2 Å². The van der Waals surface area contributed by atoms with E-state index >= 15 is 0 Å². The van der Waals surface area contributed by atoms with Gasteiger partial charge in [0.1, 0.15) is 0 Å². The van der Waals surface area contributed by atoms with Crippen molar-refractivity contribution in [2.24, 2.45) is 0 Å². The van der Waals surface area contributed by atoms with Crippen LogP contribution >= 0.6 is 0 Å². The molecule has 1 heteroatoms. The summed E-state index contributed by atoms with van der Waals surface area (Å²) < 4.78 is 5.02. The monoisotopic (exact) mass is 98.1 g/mol. The summed E-state index contributed by atoms with van der Waals surface area (Å²) in [6.45, 7) is 0. The Hall–Kier alpha value is -0.300. The topological polar surface area (TPSA) is 9.23 Å². The molecular formula is C6H10O. The molecule has 0 heterocycles. The van der Waals surface area contributed by atoms with Gasteiger partial charge in [0.2, 0.25) is 0 Å². The largest absolute Gasteiger partial charge is 0.377 e. The zero-order valence-electron chi connectivity index (χ0n) is 4.55. The fourth-order valence-corrected chi connectivity index (χ4v) is 0.801. The summed E-state index contributed by atoms with van der Waals surface area (Å²) >= 11 is 0. The van der Waals surface area contributed by atoms with Gasteiger partial charge in [-0.15, -0.1) is 0 Å². The second-order valence-electron chi connectivity index (χ2n) is 1.78. The van der Waals surface area contributed by atoms with Gasteiger partial charge in [0.25, 0.3) is 0 Å². The van der Waals surface area contributed by atoms with Crippen molar-refractivity contribution in [1.82, 2.24) is 0 Å². The fraction of sp³-hybridized carbons (Fsp3) is 0.667. The van der Waals surface area contributed by atoms with Gasteiger partial charge in [-0.1, -0.05) is 12.2 Å². The van der Waals surface area contributed by atoms with E-state index in [0.717, 1.165) is 0 Å². The summed E-state index contributed by atoms with van der Waals surface area (Å²) in [6, 6.07) is 0. The van der Waals surface area contributed by atoms with Crippen molar-refractivity contribution < 1.29 is 4.74 Å². The highest BCUT2D eigenvalue weighted by atomic mass is 16.5. The first-order chi connectivity index (χ1) is 3.43. The molecular weight excluding hydrogens is 88.1 g/mol. The van der Waals surface area contributed by atoms with Crippen molar-refractivity contribution in [2.45, 2.75) is 18.9 Å². The molecule has 1 rings (SSSR count). The van der Waals surface area contributed by atoms with Gasteiger partial charge in [0.15, 0.2) is 0 Å². The molecule has 0 aromatic rings. The lowest BCUT2D eigenvalue weighted by Gasteiger charge is -2.00. The van der Waals surface area contributed by atoms with Crippen LogP contribution in [-0.2, 0) is 4.74 Å². The van der Waals surface area contributed by atoms with E-state index in [0.29, 0.717) is 6.10 Å². The molecule has 0 unspecified atom stereocenters. The first-order valence-electron chi connectivity index (χ1n) is 2.63. The average Bonchev–Trinajstić information content (AvgIpc) is 2.14. The minimum atomic E-state index is 0.417. The lowest BCUT2D eigenvalue weighted by Crippen LogP contribution is -2.00. The van der Waals surface area contributed by atoms with Gasteiger partial charge in [0, 0.05) is 7.11 Å². The van der Waals surface area contributed by atoms with E-state index in [-0.39, 0.29) is 0 Å². The number of methoxy groups -OCH3 is 1. The van der Waals surface area contributed by atoms with Crippen LogP contribution in [0.15, 0.2) is 12.2 Å². The van der Waals surface area contributed by atoms with E-state index in [9.17, 15) is 0 Å². The van der Waals surface area contributed by atoms with Gasteiger partial charge in [-0.3, -0.25) is 0 Å². The van der Waals surface area contributed by atoms with Crippen molar-refractivity contribution in [3.05, 3.63) is 12.2 Å². The number of hydrogen-bond acceptors (Lipinski definition) is 1. The van der Waals surface area contributed by atoms with Gasteiger partial charge in [-0.2, -0.15) is 0 Å². The van der Waals surface area contributed by atoms with Gasteiger partial charge in [0.05, 0.1) is 6.10 Å². The molecule has 0 bridgehead atoms. The van der Waals surface area contributed by atoms with Crippen molar-refractivity contribution in [2.75, 3.05) is 7.11 Å². The molecule has 1 aliphatic carbocycles. The molecule has 0 fully saturated rings. The highest BCUT2D eigenvalue weighted by Gasteiger charge is 2.04. The Kier molecular flexibility index (Phi) is 1.47. The number of rotatable bonds is 1. The Balaban J connectivity index is 2.28. The third kappa shape index (κ3) is 1.03. The van der Waals surface area contributed by atoms with Gasteiger partial charge in [-0.25, -0.2) is 0 Å². The summed E-state index contributed by atoms with van der Waals surface area (Å²) in [5.41, 5.74) is 0. The zero-order valence-corrected chi connectivity index (χ0v) is 4.55. The van der Waals surface area contributed by atoms with E-state index in [1.807, 2.05) is 0 Å². The highest BCUT2D eigenvalue weighted by Crippen LogP contribution is 2.10. The van der Waals surface area contributed by atoms with Crippen LogP contribution in [0.2, 0.25) is 0 Å². The quantitative estimate of drug-likeness (QED) is 0.450.